The molecule has 10 nitrogen and oxygen atoms in total. The summed E-state index contributed by atoms with van der Waals surface area (Å²) in [5.74, 6) is 0.162. The van der Waals surface area contributed by atoms with Crippen LogP contribution in [0.5, 0.6) is 5.75 Å². The number of nitrogens with one attached hydrogen (secondary N) is 1. The van der Waals surface area contributed by atoms with Gasteiger partial charge in [0.25, 0.3) is 0 Å². The van der Waals surface area contributed by atoms with E-state index in [2.05, 4.69) is 10.4 Å². The van der Waals surface area contributed by atoms with Crippen molar-refractivity contribution in [3.63, 3.8) is 0 Å². The van der Waals surface area contributed by atoms with Crippen LogP contribution in [0.15, 0.2) is 30.5 Å². The van der Waals surface area contributed by atoms with Crippen LogP contribution in [0, 0.1) is 0 Å². The summed E-state index contributed by atoms with van der Waals surface area (Å²) in [4.78, 5) is 41.0. The number of carbonyl (C=O) groups is 3. The lowest BCUT2D eigenvalue weighted by molar-refractivity contribution is -0.137. The Labute approximate surface area is 211 Å². The zero-order valence-electron chi connectivity index (χ0n) is 20.5. The second-order valence-electron chi connectivity index (χ2n) is 9.03. The summed E-state index contributed by atoms with van der Waals surface area (Å²) in [6.07, 6.45) is -1.76. The van der Waals surface area contributed by atoms with E-state index in [0.29, 0.717) is 57.8 Å². The van der Waals surface area contributed by atoms with Gasteiger partial charge in [0, 0.05) is 70.4 Å². The quantitative estimate of drug-likeness (QED) is 0.600. The summed E-state index contributed by atoms with van der Waals surface area (Å²) in [5, 5.41) is 6.58. The molecular formula is C24H29F3N6O4. The third-order valence-electron chi connectivity index (χ3n) is 6.31. The van der Waals surface area contributed by atoms with Crippen LogP contribution in [0.4, 0.5) is 23.8 Å². The second kappa shape index (κ2) is 11.2. The van der Waals surface area contributed by atoms with Gasteiger partial charge in [0.15, 0.2) is 5.82 Å². The van der Waals surface area contributed by atoms with E-state index >= 15 is 0 Å². The van der Waals surface area contributed by atoms with E-state index in [1.165, 1.54) is 25.3 Å². The molecule has 0 saturated carbocycles. The zero-order chi connectivity index (χ0) is 26.6. The van der Waals surface area contributed by atoms with Crippen molar-refractivity contribution in [3.8, 4) is 5.75 Å². The van der Waals surface area contributed by atoms with Gasteiger partial charge < -0.3 is 19.9 Å². The molecule has 0 aliphatic carbocycles. The number of benzene rings is 1. The third kappa shape index (κ3) is 6.79. The van der Waals surface area contributed by atoms with Gasteiger partial charge in [-0.25, -0.2) is 4.79 Å². The fourth-order valence-corrected chi connectivity index (χ4v) is 4.36. The Bertz CT molecular complexity index is 1140. The third-order valence-corrected chi connectivity index (χ3v) is 6.31. The minimum atomic E-state index is -4.50. The number of alkyl halides is 3. The number of aromatic nitrogens is 2. The smallest absolute Gasteiger partial charge is 0.416 e. The maximum Gasteiger partial charge on any atom is 0.416 e. The summed E-state index contributed by atoms with van der Waals surface area (Å²) >= 11 is 0. The topological polar surface area (TPSA) is 100 Å². The first-order valence-corrected chi connectivity index (χ1v) is 12.1. The molecule has 13 heteroatoms. The van der Waals surface area contributed by atoms with E-state index in [0.717, 1.165) is 23.2 Å². The molecule has 4 rings (SSSR count). The maximum atomic E-state index is 13.3. The van der Waals surface area contributed by atoms with Gasteiger partial charge in [-0.05, 0) is 18.6 Å². The molecule has 2 aromatic rings. The Kier molecular flexibility index (Phi) is 8.00. The lowest BCUT2D eigenvalue weighted by Gasteiger charge is -2.34. The number of ether oxygens (including phenoxy) is 1. The highest BCUT2D eigenvalue weighted by atomic mass is 19.4. The van der Waals surface area contributed by atoms with E-state index in [9.17, 15) is 27.6 Å². The van der Waals surface area contributed by atoms with Crippen molar-refractivity contribution in [1.82, 2.24) is 24.5 Å². The van der Waals surface area contributed by atoms with Crippen LogP contribution in [0.2, 0.25) is 0 Å². The molecule has 37 heavy (non-hydrogen) atoms. The number of likely N-dealkylation sites (tertiary alicyclic amines) is 1. The molecule has 3 heterocycles. The highest BCUT2D eigenvalue weighted by Crippen LogP contribution is 2.33. The average Bonchev–Trinajstić information content (AvgIpc) is 3.48. The van der Waals surface area contributed by atoms with E-state index < -0.39 is 11.7 Å². The molecule has 1 aromatic heterocycles. The molecule has 0 bridgehead atoms. The summed E-state index contributed by atoms with van der Waals surface area (Å²) < 4.78 is 46.9. The van der Waals surface area contributed by atoms with Gasteiger partial charge in [0.05, 0.1) is 12.1 Å². The fraction of sp³-hybridized carbons (Fsp3) is 0.500. The predicted molar refractivity (Wildman–Crippen MR) is 127 cm³/mol. The largest absolute Gasteiger partial charge is 0.491 e. The molecule has 2 aliphatic rings. The van der Waals surface area contributed by atoms with Crippen molar-refractivity contribution >= 4 is 23.7 Å². The Balaban J connectivity index is 1.36. The molecule has 200 valence electrons. The molecule has 0 radical (unpaired) electrons. The van der Waals surface area contributed by atoms with Crippen molar-refractivity contribution < 1.29 is 32.3 Å². The molecule has 3 amide bonds. The number of piperazine rings is 1. The highest BCUT2D eigenvalue weighted by Gasteiger charge is 2.32. The molecule has 1 N–H and O–H groups in total. The summed E-state index contributed by atoms with van der Waals surface area (Å²) in [5.41, 5.74) is -0.190. The minimum Gasteiger partial charge on any atom is -0.491 e. The highest BCUT2D eigenvalue weighted by molar-refractivity contribution is 5.88. The lowest BCUT2D eigenvalue weighted by Crippen LogP contribution is -2.49. The van der Waals surface area contributed by atoms with E-state index in [-0.39, 0.29) is 36.0 Å². The van der Waals surface area contributed by atoms with Crippen LogP contribution < -0.4 is 10.1 Å². The molecule has 2 saturated heterocycles. The average molecular weight is 523 g/mol. The lowest BCUT2D eigenvalue weighted by atomic mass is 10.1. The second-order valence-corrected chi connectivity index (χ2v) is 9.03. The Morgan fingerprint density at radius 2 is 1.86 bits per heavy atom. The first-order valence-electron chi connectivity index (χ1n) is 12.1. The Morgan fingerprint density at radius 3 is 2.51 bits per heavy atom. The molecular weight excluding hydrogens is 493 g/mol. The van der Waals surface area contributed by atoms with Crippen molar-refractivity contribution in [2.45, 2.75) is 32.5 Å². The van der Waals surface area contributed by atoms with Crippen molar-refractivity contribution in [1.29, 1.82) is 0 Å². The number of carbonyl (C=O) groups excluding carboxylic acids is 3. The number of nitrogens with zero attached hydrogens (tertiary/aromatic N) is 5. The number of amides is 3. The fourth-order valence-electron chi connectivity index (χ4n) is 4.36. The first kappa shape index (κ1) is 26.5. The molecule has 2 fully saturated rings. The standard InChI is InChI=1S/C24H29F3N6O4/c1-17(34)28-21-6-8-33(29-21)23(36)32-11-9-30(10-12-32)16-18-4-5-19(24(25,26)27)15-20(18)37-14-13-31-7-2-3-22(31)35/h4-6,8,15H,2-3,7,9-14,16H2,1H3,(H,28,29,34). The van der Waals surface area contributed by atoms with Gasteiger partial charge in [0.2, 0.25) is 11.8 Å². The SMILES string of the molecule is CC(=O)Nc1ccn(C(=O)N2CCN(Cc3ccc(C(F)(F)F)cc3OCCN3CCCC3=O)CC2)n1. The van der Waals surface area contributed by atoms with Crippen LogP contribution >= 0.6 is 0 Å². The normalized spacial score (nSPS) is 16.8. The minimum absolute atomic E-state index is 0.0294. The summed E-state index contributed by atoms with van der Waals surface area (Å²) in [7, 11) is 0. The van der Waals surface area contributed by atoms with Gasteiger partial charge in [0.1, 0.15) is 12.4 Å². The molecule has 0 unspecified atom stereocenters. The predicted octanol–water partition coefficient (Wildman–Crippen LogP) is 2.65. The van der Waals surface area contributed by atoms with E-state index in [1.807, 2.05) is 4.90 Å². The monoisotopic (exact) mass is 522 g/mol. The Hall–Kier alpha value is -3.61. The van der Waals surface area contributed by atoms with Crippen LogP contribution in [0.3, 0.4) is 0 Å². The number of halogens is 3. The number of hydrogen-bond acceptors (Lipinski definition) is 6. The number of anilines is 1. The van der Waals surface area contributed by atoms with Gasteiger partial charge >= 0.3 is 12.2 Å². The van der Waals surface area contributed by atoms with Gasteiger partial charge in [-0.3, -0.25) is 14.5 Å². The summed E-state index contributed by atoms with van der Waals surface area (Å²) in [6.45, 7) is 4.59. The number of rotatable bonds is 7. The van der Waals surface area contributed by atoms with Crippen LogP contribution in [0.1, 0.15) is 30.9 Å². The van der Waals surface area contributed by atoms with Gasteiger partial charge in [-0.1, -0.05) is 6.07 Å². The molecule has 0 spiro atoms. The molecule has 1 aromatic carbocycles. The van der Waals surface area contributed by atoms with E-state index in [4.69, 9.17) is 4.74 Å². The molecule has 0 atom stereocenters. The van der Waals surface area contributed by atoms with Gasteiger partial charge in [-0.15, -0.1) is 5.10 Å². The Morgan fingerprint density at radius 1 is 1.11 bits per heavy atom. The summed E-state index contributed by atoms with van der Waals surface area (Å²) in [6, 6.07) is 4.67. The van der Waals surface area contributed by atoms with E-state index in [1.54, 1.807) is 9.80 Å². The number of hydrogen-bond donors (Lipinski definition) is 1. The van der Waals surface area contributed by atoms with Crippen LogP contribution in [-0.4, -0.2) is 88.2 Å². The van der Waals surface area contributed by atoms with Crippen molar-refractivity contribution in [2.24, 2.45) is 0 Å². The van der Waals surface area contributed by atoms with Crippen molar-refractivity contribution in [2.75, 3.05) is 51.2 Å². The zero-order valence-corrected chi connectivity index (χ0v) is 20.5. The van der Waals surface area contributed by atoms with Crippen molar-refractivity contribution in [3.05, 3.63) is 41.6 Å². The van der Waals surface area contributed by atoms with Crippen LogP contribution in [-0.2, 0) is 22.3 Å². The van der Waals surface area contributed by atoms with Gasteiger partial charge in [-0.2, -0.15) is 17.9 Å². The first-order chi connectivity index (χ1) is 17.6. The maximum absolute atomic E-state index is 13.3. The van der Waals surface area contributed by atoms with Crippen LogP contribution in [0.25, 0.3) is 0 Å². The molecule has 2 aliphatic heterocycles.